The zero-order chi connectivity index (χ0) is 37.9. The molecule has 11 aromatic carbocycles. The van der Waals surface area contributed by atoms with Crippen LogP contribution in [0.3, 0.4) is 0 Å². The molecular weight excluding hydrogens is 701 g/mol. The second-order valence-corrected chi connectivity index (χ2v) is 15.7. The van der Waals surface area contributed by atoms with Gasteiger partial charge in [-0.2, -0.15) is 0 Å². The molecule has 0 amide bonds. The molecule has 2 aromatic heterocycles. The first-order valence-corrected chi connectivity index (χ1v) is 20.1. The van der Waals surface area contributed by atoms with Gasteiger partial charge in [0, 0.05) is 37.7 Å². The van der Waals surface area contributed by atoms with Crippen molar-refractivity contribution in [1.29, 1.82) is 0 Å². The second kappa shape index (κ2) is 11.9. The maximum absolute atomic E-state index is 2.50. The molecule has 0 saturated carbocycles. The Morgan fingerprint density at radius 1 is 0.224 bits per heavy atom. The zero-order valence-corrected chi connectivity index (χ0v) is 31.5. The van der Waals surface area contributed by atoms with E-state index in [2.05, 4.69) is 215 Å². The van der Waals surface area contributed by atoms with Crippen molar-refractivity contribution in [2.75, 3.05) is 0 Å². The fourth-order valence-electron chi connectivity index (χ4n) is 10.1. The average Bonchev–Trinajstić information content (AvgIpc) is 3.80. The predicted molar refractivity (Wildman–Crippen MR) is 248 cm³/mol. The molecule has 0 fully saturated rings. The van der Waals surface area contributed by atoms with Gasteiger partial charge in [-0.05, 0) is 97.4 Å². The van der Waals surface area contributed by atoms with Crippen molar-refractivity contribution in [3.05, 3.63) is 206 Å². The third kappa shape index (κ3) is 4.37. The Balaban J connectivity index is 1.05. The lowest BCUT2D eigenvalue weighted by Gasteiger charge is -2.17. The molecule has 13 rings (SSSR count). The molecule has 58 heavy (non-hydrogen) atoms. The van der Waals surface area contributed by atoms with Gasteiger partial charge in [0.25, 0.3) is 0 Å². The number of fused-ring (bicyclic) bond motifs is 14. The van der Waals surface area contributed by atoms with Crippen LogP contribution in [0.25, 0.3) is 120 Å². The first-order chi connectivity index (χ1) is 28.8. The zero-order valence-electron chi connectivity index (χ0n) is 31.5. The summed E-state index contributed by atoms with van der Waals surface area (Å²) in [7, 11) is 0. The molecule has 2 nitrogen and oxygen atoms in total. The highest BCUT2D eigenvalue weighted by Crippen LogP contribution is 2.44. The van der Waals surface area contributed by atoms with Crippen molar-refractivity contribution in [3.63, 3.8) is 0 Å². The highest BCUT2D eigenvalue weighted by Gasteiger charge is 2.20. The third-order valence-electron chi connectivity index (χ3n) is 12.6. The molecule has 2 heterocycles. The normalized spacial score (nSPS) is 12.1. The number of hydrogen-bond donors (Lipinski definition) is 0. The summed E-state index contributed by atoms with van der Waals surface area (Å²) in [5.74, 6) is 0. The summed E-state index contributed by atoms with van der Waals surface area (Å²) in [6.45, 7) is 0. The Labute approximate surface area is 334 Å². The fraction of sp³-hybridized carbons (Fsp3) is 0. The van der Waals surface area contributed by atoms with Crippen molar-refractivity contribution in [2.45, 2.75) is 0 Å². The molecule has 0 bridgehead atoms. The molecule has 0 saturated heterocycles. The van der Waals surface area contributed by atoms with Crippen LogP contribution >= 0.6 is 0 Å². The van der Waals surface area contributed by atoms with Gasteiger partial charge in [-0.15, -0.1) is 0 Å². The fourth-order valence-corrected chi connectivity index (χ4v) is 10.1. The van der Waals surface area contributed by atoms with E-state index in [4.69, 9.17) is 0 Å². The molecule has 2 heteroatoms. The van der Waals surface area contributed by atoms with Gasteiger partial charge < -0.3 is 9.13 Å². The SMILES string of the molecule is c1ccc2c(-n3c4ccccc4c4cc(-c5ccc6c(c5)c5ccccc5n6-c5cc6ccc7ccccc7c6c6c5ccc5ccccc56)ccc43)cccc2c1. The minimum absolute atomic E-state index is 1.20. The maximum atomic E-state index is 2.50. The van der Waals surface area contributed by atoms with Crippen molar-refractivity contribution in [2.24, 2.45) is 0 Å². The molecule has 0 aliphatic carbocycles. The number of hydrogen-bond acceptors (Lipinski definition) is 0. The molecule has 0 radical (unpaired) electrons. The van der Waals surface area contributed by atoms with Gasteiger partial charge in [-0.3, -0.25) is 0 Å². The summed E-state index contributed by atoms with van der Waals surface area (Å²) < 4.78 is 4.94. The number of nitrogens with zero attached hydrogens (tertiary/aromatic N) is 2. The van der Waals surface area contributed by atoms with Crippen LogP contribution in [0, 0.1) is 0 Å². The van der Waals surface area contributed by atoms with Crippen molar-refractivity contribution >= 4 is 97.5 Å². The average molecular weight is 735 g/mol. The van der Waals surface area contributed by atoms with Gasteiger partial charge >= 0.3 is 0 Å². The summed E-state index contributed by atoms with van der Waals surface area (Å²) in [5, 5.41) is 17.7. The van der Waals surface area contributed by atoms with E-state index < -0.39 is 0 Å². The van der Waals surface area contributed by atoms with Crippen LogP contribution in [0.15, 0.2) is 206 Å². The minimum atomic E-state index is 1.20. The van der Waals surface area contributed by atoms with Crippen molar-refractivity contribution in [3.8, 4) is 22.5 Å². The van der Waals surface area contributed by atoms with Gasteiger partial charge in [0.1, 0.15) is 0 Å². The van der Waals surface area contributed by atoms with Crippen LogP contribution in [0.2, 0.25) is 0 Å². The number of benzene rings is 11. The molecule has 268 valence electrons. The van der Waals surface area contributed by atoms with E-state index in [1.807, 2.05) is 0 Å². The van der Waals surface area contributed by atoms with Crippen LogP contribution in [0.5, 0.6) is 0 Å². The van der Waals surface area contributed by atoms with Crippen LogP contribution < -0.4 is 0 Å². The first-order valence-electron chi connectivity index (χ1n) is 20.1. The van der Waals surface area contributed by atoms with Crippen LogP contribution in [-0.4, -0.2) is 9.13 Å². The topological polar surface area (TPSA) is 9.86 Å². The molecule has 0 spiro atoms. The molecular formula is C56H34N2. The highest BCUT2D eigenvalue weighted by molar-refractivity contribution is 6.29. The lowest BCUT2D eigenvalue weighted by Crippen LogP contribution is -1.97. The third-order valence-corrected chi connectivity index (χ3v) is 12.6. The predicted octanol–water partition coefficient (Wildman–Crippen LogP) is 15.3. The minimum Gasteiger partial charge on any atom is -0.309 e. The summed E-state index contributed by atoms with van der Waals surface area (Å²) in [4.78, 5) is 0. The molecule has 0 N–H and O–H groups in total. The van der Waals surface area contributed by atoms with Crippen LogP contribution in [0.1, 0.15) is 0 Å². The molecule has 0 aliphatic rings. The van der Waals surface area contributed by atoms with E-state index >= 15 is 0 Å². The van der Waals surface area contributed by atoms with E-state index in [0.29, 0.717) is 0 Å². The van der Waals surface area contributed by atoms with Gasteiger partial charge in [-0.1, -0.05) is 158 Å². The largest absolute Gasteiger partial charge is 0.309 e. The van der Waals surface area contributed by atoms with Crippen LogP contribution in [-0.2, 0) is 0 Å². The smallest absolute Gasteiger partial charge is 0.0547 e. The van der Waals surface area contributed by atoms with Gasteiger partial charge in [-0.25, -0.2) is 0 Å². The maximum Gasteiger partial charge on any atom is 0.0547 e. The Morgan fingerprint density at radius 3 is 1.31 bits per heavy atom. The summed E-state index contributed by atoms with van der Waals surface area (Å²) in [5.41, 5.74) is 9.65. The van der Waals surface area contributed by atoms with E-state index in [9.17, 15) is 0 Å². The highest BCUT2D eigenvalue weighted by atomic mass is 15.0. The Bertz CT molecular complexity index is 3850. The molecule has 0 aliphatic heterocycles. The van der Waals surface area contributed by atoms with E-state index in [0.717, 1.165) is 0 Å². The quantitative estimate of drug-likeness (QED) is 0.160. The van der Waals surface area contributed by atoms with Crippen molar-refractivity contribution in [1.82, 2.24) is 9.13 Å². The van der Waals surface area contributed by atoms with Gasteiger partial charge in [0.05, 0.1) is 33.4 Å². The standard InChI is InChI=1S/C56H34N2/c1-4-16-41-35(12-1)15-11-23-49(41)57-50-21-9-7-19-44(50)47-32-38(27-30-52(47)57)39-28-31-53-48(33-39)45-20-8-10-22-51(45)58(53)54-34-40-25-24-36-13-2-5-17-42(36)55(40)56-43-18-6-3-14-37(43)26-29-46(54)56/h1-34H. The summed E-state index contributed by atoms with van der Waals surface area (Å²) >= 11 is 0. The second-order valence-electron chi connectivity index (χ2n) is 15.7. The molecule has 13 aromatic rings. The molecule has 0 atom stereocenters. The lowest BCUT2D eigenvalue weighted by molar-refractivity contribution is 1.20. The van der Waals surface area contributed by atoms with Gasteiger partial charge in [0.2, 0.25) is 0 Å². The van der Waals surface area contributed by atoms with E-state index in [1.54, 1.807) is 0 Å². The Kier molecular flexibility index (Phi) is 6.47. The number of para-hydroxylation sites is 2. The lowest BCUT2D eigenvalue weighted by atomic mass is 9.92. The van der Waals surface area contributed by atoms with E-state index in [-0.39, 0.29) is 0 Å². The van der Waals surface area contributed by atoms with Crippen molar-refractivity contribution < 1.29 is 0 Å². The first kappa shape index (κ1) is 31.5. The van der Waals surface area contributed by atoms with Crippen LogP contribution in [0.4, 0.5) is 0 Å². The number of aromatic nitrogens is 2. The summed E-state index contributed by atoms with van der Waals surface area (Å²) in [6, 6.07) is 76.4. The van der Waals surface area contributed by atoms with Gasteiger partial charge in [0.15, 0.2) is 0 Å². The summed E-state index contributed by atoms with van der Waals surface area (Å²) in [6.07, 6.45) is 0. The Morgan fingerprint density at radius 2 is 0.672 bits per heavy atom. The monoisotopic (exact) mass is 734 g/mol. The van der Waals surface area contributed by atoms with E-state index in [1.165, 1.54) is 120 Å². The molecule has 0 unspecified atom stereocenters. The number of rotatable bonds is 3. The Hall–Kier alpha value is -7.68.